The molecule has 21 heavy (non-hydrogen) atoms. The molecular formula is C15H25N3O2S. The monoisotopic (exact) mass is 311 g/mol. The predicted molar refractivity (Wildman–Crippen MR) is 84.7 cm³/mol. The standard InChI is InChI=1S/C15H25N3O2S/c1-4-16-15-14(6-5-7-17-15)21(19,20)18-13-9-11(2)8-12(3)10-13/h5-7,11-13,18H,4,8-10H2,1-3H3,(H,16,17). The fourth-order valence-electron chi connectivity index (χ4n) is 3.23. The highest BCUT2D eigenvalue weighted by molar-refractivity contribution is 7.89. The molecule has 0 spiro atoms. The molecule has 0 bridgehead atoms. The molecule has 118 valence electrons. The number of rotatable bonds is 5. The van der Waals surface area contributed by atoms with Crippen LogP contribution in [0.25, 0.3) is 0 Å². The van der Waals surface area contributed by atoms with E-state index in [1.165, 1.54) is 6.42 Å². The minimum atomic E-state index is -3.53. The third-order valence-corrected chi connectivity index (χ3v) is 5.46. The van der Waals surface area contributed by atoms with Crippen molar-refractivity contribution in [1.29, 1.82) is 0 Å². The van der Waals surface area contributed by atoms with Gasteiger partial charge in [-0.2, -0.15) is 0 Å². The van der Waals surface area contributed by atoms with Gasteiger partial charge in [-0.3, -0.25) is 0 Å². The first-order valence-corrected chi connectivity index (χ1v) is 9.12. The van der Waals surface area contributed by atoms with E-state index in [9.17, 15) is 8.42 Å². The highest BCUT2D eigenvalue weighted by Crippen LogP contribution is 2.30. The number of hydrogen-bond donors (Lipinski definition) is 2. The summed E-state index contributed by atoms with van der Waals surface area (Å²) in [5.41, 5.74) is 0. The summed E-state index contributed by atoms with van der Waals surface area (Å²) >= 11 is 0. The molecule has 1 aliphatic carbocycles. The topological polar surface area (TPSA) is 71.1 Å². The lowest BCUT2D eigenvalue weighted by Gasteiger charge is -2.31. The molecule has 2 rings (SSSR count). The van der Waals surface area contributed by atoms with Gasteiger partial charge in [-0.25, -0.2) is 18.1 Å². The Balaban J connectivity index is 2.18. The molecule has 0 aliphatic heterocycles. The molecule has 6 heteroatoms. The molecule has 0 amide bonds. The molecule has 1 aromatic heterocycles. The van der Waals surface area contributed by atoms with E-state index < -0.39 is 10.0 Å². The van der Waals surface area contributed by atoms with Crippen LogP contribution in [0, 0.1) is 11.8 Å². The summed E-state index contributed by atoms with van der Waals surface area (Å²) in [6, 6.07) is 3.27. The van der Waals surface area contributed by atoms with E-state index in [-0.39, 0.29) is 10.9 Å². The largest absolute Gasteiger partial charge is 0.369 e. The van der Waals surface area contributed by atoms with E-state index in [0.717, 1.165) is 12.8 Å². The van der Waals surface area contributed by atoms with Crippen LogP contribution in [0.2, 0.25) is 0 Å². The zero-order valence-corrected chi connectivity index (χ0v) is 13.8. The molecule has 1 aromatic rings. The van der Waals surface area contributed by atoms with Crippen molar-refractivity contribution in [3.63, 3.8) is 0 Å². The molecule has 1 heterocycles. The highest BCUT2D eigenvalue weighted by atomic mass is 32.2. The first-order valence-electron chi connectivity index (χ1n) is 7.63. The number of hydrogen-bond acceptors (Lipinski definition) is 4. The Hall–Kier alpha value is -1.14. The third kappa shape index (κ3) is 4.17. The van der Waals surface area contributed by atoms with Crippen LogP contribution in [0.4, 0.5) is 5.82 Å². The molecular weight excluding hydrogens is 286 g/mol. The van der Waals surface area contributed by atoms with E-state index >= 15 is 0 Å². The normalized spacial score (nSPS) is 26.5. The van der Waals surface area contributed by atoms with Crippen molar-refractivity contribution in [2.75, 3.05) is 11.9 Å². The van der Waals surface area contributed by atoms with Crippen LogP contribution in [-0.4, -0.2) is 26.0 Å². The van der Waals surface area contributed by atoms with Crippen LogP contribution in [0.5, 0.6) is 0 Å². The zero-order valence-electron chi connectivity index (χ0n) is 13.0. The number of nitrogens with zero attached hydrogens (tertiary/aromatic N) is 1. The van der Waals surface area contributed by atoms with Crippen LogP contribution in [-0.2, 0) is 10.0 Å². The maximum atomic E-state index is 12.6. The minimum absolute atomic E-state index is 0.0171. The van der Waals surface area contributed by atoms with Gasteiger partial charge in [-0.1, -0.05) is 13.8 Å². The van der Waals surface area contributed by atoms with Crippen molar-refractivity contribution in [1.82, 2.24) is 9.71 Å². The number of aromatic nitrogens is 1. The molecule has 5 nitrogen and oxygen atoms in total. The number of anilines is 1. The summed E-state index contributed by atoms with van der Waals surface area (Å²) in [6.45, 7) is 6.93. The van der Waals surface area contributed by atoms with Crippen molar-refractivity contribution >= 4 is 15.8 Å². The number of sulfonamides is 1. The second-order valence-corrected chi connectivity index (χ2v) is 7.80. The van der Waals surface area contributed by atoms with Gasteiger partial charge in [-0.15, -0.1) is 0 Å². The second-order valence-electron chi connectivity index (χ2n) is 6.12. The first-order chi connectivity index (χ1) is 9.92. The molecule has 0 saturated heterocycles. The number of nitrogens with one attached hydrogen (secondary N) is 2. The summed E-state index contributed by atoms with van der Waals surface area (Å²) in [7, 11) is -3.53. The van der Waals surface area contributed by atoms with Gasteiger partial charge < -0.3 is 5.32 Å². The lowest BCUT2D eigenvalue weighted by atomic mass is 9.81. The lowest BCUT2D eigenvalue weighted by molar-refractivity contribution is 0.257. The van der Waals surface area contributed by atoms with E-state index in [1.807, 2.05) is 6.92 Å². The average molecular weight is 311 g/mol. The Labute approximate surface area is 127 Å². The highest BCUT2D eigenvalue weighted by Gasteiger charge is 2.29. The van der Waals surface area contributed by atoms with Gasteiger partial charge in [0.1, 0.15) is 10.7 Å². The van der Waals surface area contributed by atoms with Gasteiger partial charge in [0.2, 0.25) is 10.0 Å². The van der Waals surface area contributed by atoms with Gasteiger partial charge in [0.25, 0.3) is 0 Å². The average Bonchev–Trinajstić information content (AvgIpc) is 2.37. The Morgan fingerprint density at radius 2 is 1.90 bits per heavy atom. The van der Waals surface area contributed by atoms with Crippen LogP contribution in [0.15, 0.2) is 23.2 Å². The zero-order chi connectivity index (χ0) is 15.5. The van der Waals surface area contributed by atoms with Gasteiger partial charge in [0.05, 0.1) is 0 Å². The Morgan fingerprint density at radius 3 is 2.52 bits per heavy atom. The summed E-state index contributed by atoms with van der Waals surface area (Å²) in [6.07, 6.45) is 4.58. The summed E-state index contributed by atoms with van der Waals surface area (Å²) in [5, 5.41) is 3.01. The van der Waals surface area contributed by atoms with Gasteiger partial charge in [0.15, 0.2) is 0 Å². The third-order valence-electron chi connectivity index (χ3n) is 3.90. The van der Waals surface area contributed by atoms with E-state index in [0.29, 0.717) is 24.2 Å². The summed E-state index contributed by atoms with van der Waals surface area (Å²) in [5.74, 6) is 1.54. The predicted octanol–water partition coefficient (Wildman–Crippen LogP) is 2.62. The SMILES string of the molecule is CCNc1ncccc1S(=O)(=O)NC1CC(C)CC(C)C1. The van der Waals surface area contributed by atoms with Crippen molar-refractivity contribution in [2.45, 2.75) is 51.0 Å². The molecule has 0 aromatic carbocycles. The molecule has 1 fully saturated rings. The minimum Gasteiger partial charge on any atom is -0.369 e. The molecule has 2 unspecified atom stereocenters. The van der Waals surface area contributed by atoms with Gasteiger partial charge in [-0.05, 0) is 50.2 Å². The second kappa shape index (κ2) is 6.75. The number of pyridine rings is 1. The molecule has 0 radical (unpaired) electrons. The molecule has 2 atom stereocenters. The van der Waals surface area contributed by atoms with E-state index in [2.05, 4.69) is 28.9 Å². The van der Waals surface area contributed by atoms with E-state index in [1.54, 1.807) is 18.3 Å². The molecule has 1 aliphatic rings. The fraction of sp³-hybridized carbons (Fsp3) is 0.667. The maximum Gasteiger partial charge on any atom is 0.244 e. The smallest absolute Gasteiger partial charge is 0.244 e. The van der Waals surface area contributed by atoms with Crippen LogP contribution >= 0.6 is 0 Å². The quantitative estimate of drug-likeness (QED) is 0.877. The van der Waals surface area contributed by atoms with Gasteiger partial charge in [0, 0.05) is 18.8 Å². The lowest BCUT2D eigenvalue weighted by Crippen LogP contribution is -2.40. The molecule has 1 saturated carbocycles. The van der Waals surface area contributed by atoms with Gasteiger partial charge >= 0.3 is 0 Å². The summed E-state index contributed by atoms with van der Waals surface area (Å²) < 4.78 is 28.1. The van der Waals surface area contributed by atoms with Crippen molar-refractivity contribution in [3.8, 4) is 0 Å². The Kier molecular flexibility index (Phi) is 5.22. The van der Waals surface area contributed by atoms with E-state index in [4.69, 9.17) is 0 Å². The Bertz CT molecular complexity index is 564. The summed E-state index contributed by atoms with van der Waals surface area (Å²) in [4.78, 5) is 4.36. The van der Waals surface area contributed by atoms with Crippen LogP contribution in [0.1, 0.15) is 40.0 Å². The van der Waals surface area contributed by atoms with Crippen LogP contribution in [0.3, 0.4) is 0 Å². The fourth-order valence-corrected chi connectivity index (χ4v) is 4.63. The van der Waals surface area contributed by atoms with Crippen molar-refractivity contribution < 1.29 is 8.42 Å². The maximum absolute atomic E-state index is 12.6. The van der Waals surface area contributed by atoms with Crippen molar-refractivity contribution in [3.05, 3.63) is 18.3 Å². The van der Waals surface area contributed by atoms with Crippen LogP contribution < -0.4 is 10.0 Å². The molecule has 2 N–H and O–H groups in total. The first kappa shape index (κ1) is 16.2. The van der Waals surface area contributed by atoms with Crippen molar-refractivity contribution in [2.24, 2.45) is 11.8 Å². The Morgan fingerprint density at radius 1 is 1.24 bits per heavy atom.